The fourth-order valence-corrected chi connectivity index (χ4v) is 4.53. The third-order valence-corrected chi connectivity index (χ3v) is 6.11. The molecule has 8 heteroatoms. The topological polar surface area (TPSA) is 94.6 Å². The molecule has 1 fully saturated rings. The van der Waals surface area contributed by atoms with E-state index in [4.69, 9.17) is 10.5 Å². The fraction of sp³-hybridized carbons (Fsp3) is 0.312. The highest BCUT2D eigenvalue weighted by Gasteiger charge is 2.43. The smallest absolute Gasteiger partial charge is 0.243 e. The van der Waals surface area contributed by atoms with Crippen LogP contribution in [0.3, 0.4) is 0 Å². The average molecular weight is 349 g/mol. The normalized spacial score (nSPS) is 21.9. The Hall–Kier alpha value is -2.16. The van der Waals surface area contributed by atoms with Gasteiger partial charge in [0.15, 0.2) is 0 Å². The van der Waals surface area contributed by atoms with Crippen LogP contribution in [0.25, 0.3) is 5.69 Å². The molecule has 1 amide bonds. The molecule has 0 spiro atoms. The Morgan fingerprint density at radius 2 is 1.83 bits per heavy atom. The number of amides is 1. The van der Waals surface area contributed by atoms with Crippen molar-refractivity contribution in [2.45, 2.75) is 23.5 Å². The first kappa shape index (κ1) is 16.7. The van der Waals surface area contributed by atoms with Crippen molar-refractivity contribution in [3.8, 4) is 5.69 Å². The molecule has 2 aromatic rings. The second kappa shape index (κ2) is 6.39. The van der Waals surface area contributed by atoms with Gasteiger partial charge in [0.2, 0.25) is 15.9 Å². The molecular formula is C16H19N3O4S. The number of rotatable bonds is 5. The van der Waals surface area contributed by atoms with Gasteiger partial charge in [0.1, 0.15) is 6.04 Å². The van der Waals surface area contributed by atoms with Crippen molar-refractivity contribution in [2.75, 3.05) is 13.7 Å². The first-order valence-electron chi connectivity index (χ1n) is 7.51. The van der Waals surface area contributed by atoms with E-state index in [0.717, 1.165) is 9.99 Å². The fourth-order valence-electron chi connectivity index (χ4n) is 2.90. The summed E-state index contributed by atoms with van der Waals surface area (Å²) in [5.74, 6) is -0.665. The molecule has 1 aromatic heterocycles. The van der Waals surface area contributed by atoms with Gasteiger partial charge in [0.05, 0.1) is 11.0 Å². The number of carbonyl (C=O) groups excluding carboxylic acids is 1. The molecule has 1 aromatic carbocycles. The maximum Gasteiger partial charge on any atom is 0.243 e. The highest BCUT2D eigenvalue weighted by atomic mass is 32.2. The summed E-state index contributed by atoms with van der Waals surface area (Å²) in [6, 6.07) is 9.38. The summed E-state index contributed by atoms with van der Waals surface area (Å²) in [4.78, 5) is 11.7. The Bertz CT molecular complexity index is 816. The summed E-state index contributed by atoms with van der Waals surface area (Å²) < 4.78 is 33.9. The van der Waals surface area contributed by atoms with Crippen LogP contribution in [0.5, 0.6) is 0 Å². The number of hydrogen-bond donors (Lipinski definition) is 1. The third kappa shape index (κ3) is 2.95. The van der Waals surface area contributed by atoms with Crippen LogP contribution in [0.2, 0.25) is 0 Å². The number of hydrogen-bond acceptors (Lipinski definition) is 4. The number of primary amides is 1. The molecule has 24 heavy (non-hydrogen) atoms. The van der Waals surface area contributed by atoms with E-state index in [2.05, 4.69) is 0 Å². The van der Waals surface area contributed by atoms with Crippen LogP contribution in [0, 0.1) is 0 Å². The van der Waals surface area contributed by atoms with Gasteiger partial charge in [-0.15, -0.1) is 0 Å². The zero-order valence-electron chi connectivity index (χ0n) is 13.2. The summed E-state index contributed by atoms with van der Waals surface area (Å²) in [5.41, 5.74) is 6.21. The van der Waals surface area contributed by atoms with Crippen LogP contribution in [0.4, 0.5) is 0 Å². The van der Waals surface area contributed by atoms with E-state index < -0.39 is 22.0 Å². The second-order valence-electron chi connectivity index (χ2n) is 5.67. The number of carbonyl (C=O) groups is 1. The van der Waals surface area contributed by atoms with Crippen LogP contribution < -0.4 is 5.73 Å². The minimum atomic E-state index is -3.82. The molecule has 0 radical (unpaired) electrons. The predicted molar refractivity (Wildman–Crippen MR) is 88.1 cm³/mol. The van der Waals surface area contributed by atoms with E-state index >= 15 is 0 Å². The lowest BCUT2D eigenvalue weighted by Crippen LogP contribution is -2.43. The summed E-state index contributed by atoms with van der Waals surface area (Å²) in [7, 11) is -2.33. The number of nitrogens with two attached hydrogens (primary N) is 1. The lowest BCUT2D eigenvalue weighted by atomic mass is 10.2. The zero-order valence-corrected chi connectivity index (χ0v) is 14.0. The van der Waals surface area contributed by atoms with Gasteiger partial charge in [-0.1, -0.05) is 0 Å². The Balaban J connectivity index is 1.91. The molecule has 0 saturated carbocycles. The summed E-state index contributed by atoms with van der Waals surface area (Å²) in [6.45, 7) is 0.117. The molecule has 1 aliphatic heterocycles. The predicted octanol–water partition coefficient (Wildman–Crippen LogP) is 0.741. The Morgan fingerprint density at radius 1 is 1.21 bits per heavy atom. The number of ether oxygens (including phenoxy) is 1. The second-order valence-corrected chi connectivity index (χ2v) is 7.56. The van der Waals surface area contributed by atoms with Gasteiger partial charge in [-0.2, -0.15) is 4.31 Å². The quantitative estimate of drug-likeness (QED) is 0.861. The molecule has 0 aliphatic carbocycles. The van der Waals surface area contributed by atoms with E-state index in [0.29, 0.717) is 0 Å². The van der Waals surface area contributed by atoms with E-state index in [-0.39, 0.29) is 24.0 Å². The first-order valence-corrected chi connectivity index (χ1v) is 8.95. The number of aromatic nitrogens is 1. The molecule has 128 valence electrons. The summed E-state index contributed by atoms with van der Waals surface area (Å²) in [6.07, 6.45) is 3.68. The Labute approximate surface area is 140 Å². The minimum Gasteiger partial charge on any atom is -0.380 e. The van der Waals surface area contributed by atoms with Crippen molar-refractivity contribution in [1.29, 1.82) is 0 Å². The number of methoxy groups -OCH3 is 1. The van der Waals surface area contributed by atoms with E-state index in [1.807, 2.05) is 29.1 Å². The van der Waals surface area contributed by atoms with Crippen molar-refractivity contribution < 1.29 is 17.9 Å². The molecule has 1 saturated heterocycles. The van der Waals surface area contributed by atoms with Crippen molar-refractivity contribution >= 4 is 15.9 Å². The molecule has 1 aliphatic rings. The van der Waals surface area contributed by atoms with Crippen LogP contribution in [-0.2, 0) is 19.6 Å². The van der Waals surface area contributed by atoms with Crippen molar-refractivity contribution in [3.05, 3.63) is 48.8 Å². The maximum absolute atomic E-state index is 12.9. The maximum atomic E-state index is 12.9. The number of nitrogens with zero attached hydrogens (tertiary/aromatic N) is 2. The highest BCUT2D eigenvalue weighted by molar-refractivity contribution is 7.89. The highest BCUT2D eigenvalue weighted by Crippen LogP contribution is 2.28. The van der Waals surface area contributed by atoms with E-state index in [1.54, 1.807) is 12.1 Å². The van der Waals surface area contributed by atoms with Gasteiger partial charge in [-0.05, 0) is 36.4 Å². The summed E-state index contributed by atoms with van der Waals surface area (Å²) in [5, 5.41) is 0. The van der Waals surface area contributed by atoms with Crippen LogP contribution in [0.1, 0.15) is 6.42 Å². The zero-order chi connectivity index (χ0) is 17.3. The molecule has 2 atom stereocenters. The molecular weight excluding hydrogens is 330 g/mol. The lowest BCUT2D eigenvalue weighted by molar-refractivity contribution is -0.121. The molecule has 0 unspecified atom stereocenters. The summed E-state index contributed by atoms with van der Waals surface area (Å²) >= 11 is 0. The van der Waals surface area contributed by atoms with Gasteiger partial charge < -0.3 is 15.0 Å². The molecule has 0 bridgehead atoms. The average Bonchev–Trinajstić information content (AvgIpc) is 3.24. The van der Waals surface area contributed by atoms with Gasteiger partial charge in [-0.25, -0.2) is 8.42 Å². The van der Waals surface area contributed by atoms with Crippen molar-refractivity contribution in [2.24, 2.45) is 5.73 Å². The Morgan fingerprint density at radius 3 is 2.38 bits per heavy atom. The molecule has 2 heterocycles. The molecule has 2 N–H and O–H groups in total. The van der Waals surface area contributed by atoms with Gasteiger partial charge in [-0.3, -0.25) is 4.79 Å². The molecule has 7 nitrogen and oxygen atoms in total. The van der Waals surface area contributed by atoms with Crippen molar-refractivity contribution in [3.63, 3.8) is 0 Å². The van der Waals surface area contributed by atoms with Crippen LogP contribution in [0.15, 0.2) is 53.7 Å². The van der Waals surface area contributed by atoms with E-state index in [9.17, 15) is 13.2 Å². The number of benzene rings is 1. The monoisotopic (exact) mass is 349 g/mol. The molecule has 3 rings (SSSR count). The first-order chi connectivity index (χ1) is 11.4. The van der Waals surface area contributed by atoms with Crippen LogP contribution >= 0.6 is 0 Å². The van der Waals surface area contributed by atoms with Crippen LogP contribution in [-0.4, -0.2) is 49.0 Å². The van der Waals surface area contributed by atoms with Gasteiger partial charge in [0, 0.05) is 38.2 Å². The SMILES string of the molecule is CO[C@H]1C[C@@H](C(N)=O)N(S(=O)(=O)c2ccc(-n3cccc3)cc2)C1. The number of sulfonamides is 1. The van der Waals surface area contributed by atoms with Gasteiger partial charge >= 0.3 is 0 Å². The lowest BCUT2D eigenvalue weighted by Gasteiger charge is -2.21. The largest absolute Gasteiger partial charge is 0.380 e. The standard InChI is InChI=1S/C16H19N3O4S/c1-23-13-10-15(16(17)20)19(11-13)24(21,22)14-6-4-12(5-7-14)18-8-2-3-9-18/h2-9,13,15H,10-11H2,1H3,(H2,17,20)/t13-,15-/m0/s1. The van der Waals surface area contributed by atoms with Gasteiger partial charge in [0.25, 0.3) is 0 Å². The van der Waals surface area contributed by atoms with Crippen molar-refractivity contribution in [1.82, 2.24) is 8.87 Å². The van der Waals surface area contributed by atoms with E-state index in [1.165, 1.54) is 19.2 Å². The Kier molecular flexibility index (Phi) is 4.44. The third-order valence-electron chi connectivity index (χ3n) is 4.23. The minimum absolute atomic E-state index is 0.117.